The van der Waals surface area contributed by atoms with Crippen molar-refractivity contribution in [3.63, 3.8) is 0 Å². The summed E-state index contributed by atoms with van der Waals surface area (Å²) in [6, 6.07) is -0.0179. The quantitative estimate of drug-likeness (QED) is 0.466. The van der Waals surface area contributed by atoms with Crippen molar-refractivity contribution >= 4 is 0 Å². The number of rotatable bonds is 2. The second kappa shape index (κ2) is 4.50. The van der Waals surface area contributed by atoms with Crippen LogP contribution in [0.2, 0.25) is 0 Å². The number of hydrogen-bond acceptors (Lipinski definition) is 5. The lowest BCUT2D eigenvalue weighted by Gasteiger charge is -2.29. The van der Waals surface area contributed by atoms with Crippen molar-refractivity contribution in [2.45, 2.75) is 44.6 Å². The van der Waals surface area contributed by atoms with Gasteiger partial charge in [-0.3, -0.25) is 9.36 Å². The first kappa shape index (κ1) is 13.0. The molecule has 2 aliphatic heterocycles. The molecule has 106 valence electrons. The monoisotopic (exact) mass is 277 g/mol. The minimum Gasteiger partial charge on any atom is -0.461 e. The Bertz CT molecular complexity index is 651. The van der Waals surface area contributed by atoms with Crippen molar-refractivity contribution in [3.8, 4) is 6.01 Å². The SMILES string of the molecule is CC[C@@]12COc3nc(=O)c(C)cn3[C@@H](C[C@@H]1N=[N+]=[N-])O2. The Labute approximate surface area is 115 Å². The molecule has 8 heteroatoms. The summed E-state index contributed by atoms with van der Waals surface area (Å²) in [4.78, 5) is 18.4. The molecule has 20 heavy (non-hydrogen) atoms. The van der Waals surface area contributed by atoms with Crippen LogP contribution in [0.4, 0.5) is 0 Å². The average Bonchev–Trinajstić information content (AvgIpc) is 2.71. The Morgan fingerprint density at radius 1 is 1.70 bits per heavy atom. The van der Waals surface area contributed by atoms with Gasteiger partial charge in [0.25, 0.3) is 5.56 Å². The summed E-state index contributed by atoms with van der Waals surface area (Å²) in [5.74, 6) is 0. The van der Waals surface area contributed by atoms with Crippen molar-refractivity contribution in [2.24, 2.45) is 5.11 Å². The molecule has 3 atom stereocenters. The van der Waals surface area contributed by atoms with Crippen molar-refractivity contribution in [1.29, 1.82) is 0 Å². The average molecular weight is 277 g/mol. The van der Waals surface area contributed by atoms with E-state index in [4.69, 9.17) is 15.0 Å². The Kier molecular flexibility index (Phi) is 2.92. The van der Waals surface area contributed by atoms with E-state index in [0.29, 0.717) is 18.4 Å². The standard InChI is InChI=1S/C12H15N5O3/c1-3-12-6-19-11-14-10(18)7(2)5-17(11)9(20-12)4-8(12)15-16-13/h5,8-9H,3-4,6H2,1-2H3/t8-,9+,12+/m0/s1. The van der Waals surface area contributed by atoms with Crippen LogP contribution in [-0.4, -0.2) is 27.8 Å². The largest absolute Gasteiger partial charge is 0.461 e. The summed E-state index contributed by atoms with van der Waals surface area (Å²) < 4.78 is 13.4. The van der Waals surface area contributed by atoms with Gasteiger partial charge in [0.05, 0.1) is 6.04 Å². The Morgan fingerprint density at radius 3 is 3.20 bits per heavy atom. The van der Waals surface area contributed by atoms with Gasteiger partial charge in [0, 0.05) is 23.1 Å². The molecular weight excluding hydrogens is 262 g/mol. The summed E-state index contributed by atoms with van der Waals surface area (Å²) in [5.41, 5.74) is 8.28. The van der Waals surface area contributed by atoms with E-state index >= 15 is 0 Å². The van der Waals surface area contributed by atoms with Gasteiger partial charge in [0.1, 0.15) is 18.4 Å². The van der Waals surface area contributed by atoms with Crippen LogP contribution in [0.5, 0.6) is 6.01 Å². The maximum atomic E-state index is 11.6. The van der Waals surface area contributed by atoms with Gasteiger partial charge in [0.2, 0.25) is 0 Å². The lowest BCUT2D eigenvalue weighted by molar-refractivity contribution is -0.0811. The molecule has 3 heterocycles. The molecule has 0 aromatic carbocycles. The highest BCUT2D eigenvalue weighted by Crippen LogP contribution is 2.44. The van der Waals surface area contributed by atoms with Crippen LogP contribution in [0, 0.1) is 6.92 Å². The molecule has 1 aromatic rings. The number of nitrogens with zero attached hydrogens (tertiary/aromatic N) is 5. The van der Waals surface area contributed by atoms with Crippen LogP contribution in [0.25, 0.3) is 10.4 Å². The van der Waals surface area contributed by atoms with Gasteiger partial charge in [-0.2, -0.15) is 4.98 Å². The molecule has 8 nitrogen and oxygen atoms in total. The van der Waals surface area contributed by atoms with Gasteiger partial charge < -0.3 is 9.47 Å². The zero-order valence-corrected chi connectivity index (χ0v) is 11.3. The number of azide groups is 1. The van der Waals surface area contributed by atoms with E-state index in [0.717, 1.165) is 0 Å². The zero-order valence-electron chi connectivity index (χ0n) is 11.3. The van der Waals surface area contributed by atoms with Crippen LogP contribution < -0.4 is 10.3 Å². The normalized spacial score (nSPS) is 30.9. The van der Waals surface area contributed by atoms with Crippen molar-refractivity contribution in [1.82, 2.24) is 9.55 Å². The van der Waals surface area contributed by atoms with Gasteiger partial charge in [-0.1, -0.05) is 12.0 Å². The van der Waals surface area contributed by atoms with Crippen molar-refractivity contribution < 1.29 is 9.47 Å². The second-order valence-corrected chi connectivity index (χ2v) is 5.15. The first-order valence-electron chi connectivity index (χ1n) is 6.54. The number of hydrogen-bond donors (Lipinski definition) is 0. The van der Waals surface area contributed by atoms with Gasteiger partial charge >= 0.3 is 6.01 Å². The van der Waals surface area contributed by atoms with Gasteiger partial charge in [-0.15, -0.1) is 0 Å². The molecule has 2 bridgehead atoms. The maximum absolute atomic E-state index is 11.6. The zero-order chi connectivity index (χ0) is 14.3. The van der Waals surface area contributed by atoms with Crippen LogP contribution in [0.1, 0.15) is 31.6 Å². The lowest BCUT2D eigenvalue weighted by Crippen LogP contribution is -2.43. The fraction of sp³-hybridized carbons (Fsp3) is 0.667. The minimum absolute atomic E-state index is 0.221. The molecule has 1 fully saturated rings. The van der Waals surface area contributed by atoms with E-state index in [1.807, 2.05) is 6.92 Å². The predicted octanol–water partition coefficient (Wildman–Crippen LogP) is 1.69. The van der Waals surface area contributed by atoms with Gasteiger partial charge in [-0.25, -0.2) is 0 Å². The highest BCUT2D eigenvalue weighted by atomic mass is 16.6. The molecule has 1 saturated heterocycles. The smallest absolute Gasteiger partial charge is 0.301 e. The molecule has 0 saturated carbocycles. The van der Waals surface area contributed by atoms with E-state index in [1.165, 1.54) is 0 Å². The number of aromatic nitrogens is 2. The first-order valence-corrected chi connectivity index (χ1v) is 6.54. The molecule has 0 amide bonds. The fourth-order valence-electron chi connectivity index (χ4n) is 2.79. The molecular formula is C12H15N5O3. The molecule has 0 N–H and O–H groups in total. The molecule has 3 rings (SSSR count). The fourth-order valence-corrected chi connectivity index (χ4v) is 2.79. The molecule has 0 radical (unpaired) electrons. The summed E-state index contributed by atoms with van der Waals surface area (Å²) >= 11 is 0. The molecule has 0 unspecified atom stereocenters. The van der Waals surface area contributed by atoms with E-state index in [2.05, 4.69) is 15.0 Å². The van der Waals surface area contributed by atoms with E-state index < -0.39 is 5.60 Å². The van der Waals surface area contributed by atoms with Crippen molar-refractivity contribution in [3.05, 3.63) is 32.6 Å². The first-order chi connectivity index (χ1) is 9.59. The number of aryl methyl sites for hydroxylation is 1. The van der Waals surface area contributed by atoms with Crippen LogP contribution in [0.3, 0.4) is 0 Å². The third-order valence-corrected chi connectivity index (χ3v) is 4.04. The van der Waals surface area contributed by atoms with Crippen LogP contribution in [0.15, 0.2) is 16.1 Å². The lowest BCUT2D eigenvalue weighted by atomic mass is 9.92. The topological polar surface area (TPSA) is 102 Å². The van der Waals surface area contributed by atoms with Crippen molar-refractivity contribution in [2.75, 3.05) is 6.61 Å². The van der Waals surface area contributed by atoms with E-state index in [9.17, 15) is 4.79 Å². The van der Waals surface area contributed by atoms with Gasteiger partial charge in [0.15, 0.2) is 0 Å². The second-order valence-electron chi connectivity index (χ2n) is 5.15. The number of ether oxygens (including phenoxy) is 2. The third kappa shape index (κ3) is 1.76. The maximum Gasteiger partial charge on any atom is 0.301 e. The van der Waals surface area contributed by atoms with Gasteiger partial charge in [-0.05, 0) is 18.9 Å². The summed E-state index contributed by atoms with van der Waals surface area (Å²) in [5, 5.41) is 3.84. The highest BCUT2D eigenvalue weighted by molar-refractivity contribution is 5.14. The molecule has 0 spiro atoms. The summed E-state index contributed by atoms with van der Waals surface area (Å²) in [6.07, 6.45) is 2.57. The number of fused-ring (bicyclic) bond motifs is 4. The molecule has 1 aromatic heterocycles. The Balaban J connectivity index is 2.08. The van der Waals surface area contributed by atoms with E-state index in [1.54, 1.807) is 17.7 Å². The summed E-state index contributed by atoms with van der Waals surface area (Å²) in [7, 11) is 0. The molecule has 0 aliphatic carbocycles. The van der Waals surface area contributed by atoms with Crippen LogP contribution in [-0.2, 0) is 4.74 Å². The Morgan fingerprint density at radius 2 is 2.50 bits per heavy atom. The predicted molar refractivity (Wildman–Crippen MR) is 69.4 cm³/mol. The highest BCUT2D eigenvalue weighted by Gasteiger charge is 2.50. The molecule has 2 aliphatic rings. The Hall–Kier alpha value is -2.05. The third-order valence-electron chi connectivity index (χ3n) is 4.04. The minimum atomic E-state index is -0.651. The summed E-state index contributed by atoms with van der Waals surface area (Å²) in [6.45, 7) is 3.88. The van der Waals surface area contributed by atoms with Crippen LogP contribution >= 0.6 is 0 Å². The van der Waals surface area contributed by atoms with E-state index in [-0.39, 0.29) is 30.4 Å².